The fourth-order valence-electron chi connectivity index (χ4n) is 3.99. The van der Waals surface area contributed by atoms with Gasteiger partial charge in [0.25, 0.3) is 0 Å². The number of nitrogens with zero attached hydrogens (tertiary/aromatic N) is 2. The molecule has 2 aliphatic heterocycles. The molecule has 3 aromatic rings. The van der Waals surface area contributed by atoms with Crippen molar-refractivity contribution in [2.24, 2.45) is 0 Å². The van der Waals surface area contributed by atoms with Gasteiger partial charge in [-0.15, -0.1) is 23.5 Å². The van der Waals surface area contributed by atoms with E-state index >= 15 is 0 Å². The number of benzene rings is 3. The molecule has 2 aliphatic rings. The first-order valence-electron chi connectivity index (χ1n) is 9.99. The maximum atomic E-state index is 12.7. The van der Waals surface area contributed by atoms with Crippen molar-refractivity contribution in [3.8, 4) is 0 Å². The minimum Gasteiger partial charge on any atom is -0.295 e. The van der Waals surface area contributed by atoms with Crippen LogP contribution in [0.3, 0.4) is 0 Å². The standard InChI is InChI=1S/C24H18Br2N2O2S2/c25-17-5-1-3-15(11-17)23-27(21(29)13-31-23)19-7-9-20(10-8-19)28-22(30)14-32-24(28)16-4-2-6-18(26)12-16/h1-12,23-24H,13-14H2/t23-,24+. The van der Waals surface area contributed by atoms with Gasteiger partial charge in [0, 0.05) is 20.3 Å². The first-order valence-corrected chi connectivity index (χ1v) is 13.7. The summed E-state index contributed by atoms with van der Waals surface area (Å²) in [7, 11) is 0. The lowest BCUT2D eigenvalue weighted by atomic mass is 10.1. The van der Waals surface area contributed by atoms with Crippen LogP contribution >= 0.6 is 55.4 Å². The van der Waals surface area contributed by atoms with Crippen LogP contribution in [0.2, 0.25) is 0 Å². The van der Waals surface area contributed by atoms with Gasteiger partial charge in [-0.05, 0) is 59.7 Å². The monoisotopic (exact) mass is 588 g/mol. The molecule has 2 atom stereocenters. The quantitative estimate of drug-likeness (QED) is 0.337. The van der Waals surface area contributed by atoms with E-state index in [-0.39, 0.29) is 22.6 Å². The highest BCUT2D eigenvalue weighted by molar-refractivity contribution is 9.10. The fourth-order valence-corrected chi connectivity index (χ4v) is 7.16. The van der Waals surface area contributed by atoms with E-state index < -0.39 is 0 Å². The number of halogens is 2. The summed E-state index contributed by atoms with van der Waals surface area (Å²) in [4.78, 5) is 29.2. The van der Waals surface area contributed by atoms with Crippen LogP contribution in [0.4, 0.5) is 11.4 Å². The highest BCUT2D eigenvalue weighted by Crippen LogP contribution is 2.45. The summed E-state index contributed by atoms with van der Waals surface area (Å²) in [5, 5.41) is -0.131. The molecule has 32 heavy (non-hydrogen) atoms. The van der Waals surface area contributed by atoms with Crippen LogP contribution in [-0.4, -0.2) is 23.3 Å². The molecule has 0 bridgehead atoms. The number of carbonyl (C=O) groups is 2. The smallest absolute Gasteiger partial charge is 0.238 e. The van der Waals surface area contributed by atoms with Crippen LogP contribution in [0.5, 0.6) is 0 Å². The number of hydrogen-bond donors (Lipinski definition) is 0. The molecule has 162 valence electrons. The predicted octanol–water partition coefficient (Wildman–Crippen LogP) is 6.77. The number of thioether (sulfide) groups is 2. The zero-order valence-electron chi connectivity index (χ0n) is 16.8. The Kier molecular flexibility index (Phi) is 6.38. The maximum absolute atomic E-state index is 12.7. The first kappa shape index (κ1) is 22.1. The molecular formula is C24H18Br2N2O2S2. The second kappa shape index (κ2) is 9.25. The Bertz CT molecular complexity index is 1100. The molecule has 3 aromatic carbocycles. The Hall–Kier alpha value is -1.74. The lowest BCUT2D eigenvalue weighted by Crippen LogP contribution is -2.29. The number of amides is 2. The van der Waals surface area contributed by atoms with E-state index in [0.717, 1.165) is 31.4 Å². The Morgan fingerprint density at radius 1 is 0.656 bits per heavy atom. The number of carbonyl (C=O) groups excluding carboxylic acids is 2. The molecule has 0 unspecified atom stereocenters. The predicted molar refractivity (Wildman–Crippen MR) is 140 cm³/mol. The normalized spacial score (nSPS) is 20.9. The van der Waals surface area contributed by atoms with E-state index in [4.69, 9.17) is 0 Å². The van der Waals surface area contributed by atoms with Gasteiger partial charge in [-0.3, -0.25) is 19.4 Å². The highest BCUT2D eigenvalue weighted by atomic mass is 79.9. The maximum Gasteiger partial charge on any atom is 0.238 e. The van der Waals surface area contributed by atoms with Crippen molar-refractivity contribution in [1.29, 1.82) is 0 Å². The Labute approximate surface area is 212 Å². The molecule has 0 radical (unpaired) electrons. The summed E-state index contributed by atoms with van der Waals surface area (Å²) >= 11 is 10.3. The van der Waals surface area contributed by atoms with Crippen molar-refractivity contribution in [2.75, 3.05) is 21.3 Å². The Morgan fingerprint density at radius 3 is 1.44 bits per heavy atom. The SMILES string of the molecule is O=C1CS[C@H](c2cccc(Br)c2)N1c1ccc(N2C(=O)CS[C@H]2c2cccc(Br)c2)cc1. The van der Waals surface area contributed by atoms with Gasteiger partial charge in [-0.1, -0.05) is 56.1 Å². The fraction of sp³-hybridized carbons (Fsp3) is 0.167. The highest BCUT2D eigenvalue weighted by Gasteiger charge is 2.36. The van der Waals surface area contributed by atoms with Crippen molar-refractivity contribution in [1.82, 2.24) is 0 Å². The average molecular weight is 590 g/mol. The van der Waals surface area contributed by atoms with Gasteiger partial charge >= 0.3 is 0 Å². The molecule has 4 nitrogen and oxygen atoms in total. The summed E-state index contributed by atoms with van der Waals surface area (Å²) in [6.45, 7) is 0. The molecule has 0 aliphatic carbocycles. The lowest BCUT2D eigenvalue weighted by molar-refractivity contribution is -0.116. The topological polar surface area (TPSA) is 40.6 Å². The molecule has 0 aromatic heterocycles. The first-order chi connectivity index (χ1) is 15.5. The molecule has 8 heteroatoms. The van der Waals surface area contributed by atoms with E-state index in [1.807, 2.05) is 70.5 Å². The Morgan fingerprint density at radius 2 is 1.06 bits per heavy atom. The number of hydrogen-bond acceptors (Lipinski definition) is 4. The van der Waals surface area contributed by atoms with E-state index in [0.29, 0.717) is 11.5 Å². The molecule has 2 amide bonds. The van der Waals surface area contributed by atoms with Crippen molar-refractivity contribution in [3.05, 3.63) is 92.9 Å². The summed E-state index contributed by atoms with van der Waals surface area (Å²) in [6.07, 6.45) is 0. The molecule has 2 heterocycles. The third-order valence-electron chi connectivity index (χ3n) is 5.41. The van der Waals surface area contributed by atoms with Gasteiger partial charge in [0.15, 0.2) is 0 Å². The van der Waals surface area contributed by atoms with Crippen molar-refractivity contribution in [2.45, 2.75) is 10.7 Å². The molecule has 2 fully saturated rings. The molecule has 0 N–H and O–H groups in total. The molecule has 0 saturated carbocycles. The van der Waals surface area contributed by atoms with Gasteiger partial charge in [0.05, 0.1) is 11.5 Å². The summed E-state index contributed by atoms with van der Waals surface area (Å²) in [5.41, 5.74) is 3.85. The number of rotatable bonds is 4. The van der Waals surface area contributed by atoms with Crippen LogP contribution < -0.4 is 9.80 Å². The van der Waals surface area contributed by atoms with Gasteiger partial charge < -0.3 is 0 Å². The number of anilines is 2. The largest absolute Gasteiger partial charge is 0.295 e. The summed E-state index contributed by atoms with van der Waals surface area (Å²) in [5.74, 6) is 1.08. The molecule has 0 spiro atoms. The van der Waals surface area contributed by atoms with Gasteiger partial charge in [0.1, 0.15) is 10.7 Å². The van der Waals surface area contributed by atoms with Crippen LogP contribution in [0.15, 0.2) is 81.7 Å². The third-order valence-corrected chi connectivity index (χ3v) is 8.82. The van der Waals surface area contributed by atoms with E-state index in [1.54, 1.807) is 23.5 Å². The average Bonchev–Trinajstić information content (AvgIpc) is 3.36. The van der Waals surface area contributed by atoms with Crippen molar-refractivity contribution < 1.29 is 9.59 Å². The zero-order chi connectivity index (χ0) is 22.2. The van der Waals surface area contributed by atoms with Crippen molar-refractivity contribution >= 4 is 78.6 Å². The minimum atomic E-state index is -0.0655. The van der Waals surface area contributed by atoms with Crippen LogP contribution in [0.1, 0.15) is 21.9 Å². The van der Waals surface area contributed by atoms with Crippen molar-refractivity contribution in [3.63, 3.8) is 0 Å². The molecule has 5 rings (SSSR count). The minimum absolute atomic E-state index is 0.0655. The molecule has 2 saturated heterocycles. The van der Waals surface area contributed by atoms with Gasteiger partial charge in [-0.2, -0.15) is 0 Å². The zero-order valence-corrected chi connectivity index (χ0v) is 21.6. The van der Waals surface area contributed by atoms with E-state index in [9.17, 15) is 9.59 Å². The van der Waals surface area contributed by atoms with E-state index in [2.05, 4.69) is 44.0 Å². The molecular weight excluding hydrogens is 572 g/mol. The third kappa shape index (κ3) is 4.25. The second-order valence-corrected chi connectivity index (χ2v) is 11.4. The van der Waals surface area contributed by atoms with Gasteiger partial charge in [-0.25, -0.2) is 0 Å². The van der Waals surface area contributed by atoms with Crippen LogP contribution in [0.25, 0.3) is 0 Å². The second-order valence-electron chi connectivity index (χ2n) is 7.48. The van der Waals surface area contributed by atoms with E-state index in [1.165, 1.54) is 0 Å². The van der Waals surface area contributed by atoms with Crippen LogP contribution in [-0.2, 0) is 9.59 Å². The lowest BCUT2D eigenvalue weighted by Gasteiger charge is -2.27. The summed E-state index contributed by atoms with van der Waals surface area (Å²) in [6, 6.07) is 23.9. The Balaban J connectivity index is 1.44. The van der Waals surface area contributed by atoms with Crippen LogP contribution in [0, 0.1) is 0 Å². The summed E-state index contributed by atoms with van der Waals surface area (Å²) < 4.78 is 1.99. The van der Waals surface area contributed by atoms with Gasteiger partial charge in [0.2, 0.25) is 11.8 Å².